The van der Waals surface area contributed by atoms with E-state index in [2.05, 4.69) is 16.9 Å². The molecule has 2 aromatic rings. The number of hydrogen-bond donors (Lipinski definition) is 1. The highest BCUT2D eigenvalue weighted by atomic mass is 35.5. The minimum atomic E-state index is -0.473. The third-order valence-corrected chi connectivity index (χ3v) is 2.54. The molecular formula is C12H10ClN3O2. The molecule has 2 rings (SSSR count). The molecule has 1 aromatic carbocycles. The van der Waals surface area contributed by atoms with Crippen LogP contribution in [0.25, 0.3) is 10.9 Å². The molecule has 5 nitrogen and oxygen atoms in total. The summed E-state index contributed by atoms with van der Waals surface area (Å²) < 4.78 is 0. The van der Waals surface area contributed by atoms with E-state index >= 15 is 0 Å². The summed E-state index contributed by atoms with van der Waals surface area (Å²) in [6.45, 7) is 3.80. The van der Waals surface area contributed by atoms with E-state index < -0.39 is 4.92 Å². The molecule has 0 saturated heterocycles. The molecule has 0 unspecified atom stereocenters. The molecule has 0 atom stereocenters. The first-order valence-electron chi connectivity index (χ1n) is 5.19. The predicted molar refractivity (Wildman–Crippen MR) is 71.9 cm³/mol. The largest absolute Gasteiger partial charge is 0.374 e. The molecule has 1 N–H and O–H groups in total. The lowest BCUT2D eigenvalue weighted by atomic mass is 10.1. The van der Waals surface area contributed by atoms with E-state index in [1.165, 1.54) is 6.20 Å². The summed E-state index contributed by atoms with van der Waals surface area (Å²) >= 11 is 5.67. The molecule has 6 heteroatoms. The first-order chi connectivity index (χ1) is 8.59. The van der Waals surface area contributed by atoms with Gasteiger partial charge in [0.15, 0.2) is 0 Å². The normalized spacial score (nSPS) is 10.3. The third-order valence-electron chi connectivity index (χ3n) is 2.41. The summed E-state index contributed by atoms with van der Waals surface area (Å²) in [6.07, 6.45) is 1.24. The first-order valence-corrected chi connectivity index (χ1v) is 5.56. The van der Waals surface area contributed by atoms with Gasteiger partial charge in [-0.3, -0.25) is 10.1 Å². The smallest absolute Gasteiger partial charge is 0.311 e. The van der Waals surface area contributed by atoms with Crippen molar-refractivity contribution in [3.8, 4) is 0 Å². The fourth-order valence-electron chi connectivity index (χ4n) is 1.64. The van der Waals surface area contributed by atoms with E-state index in [0.717, 1.165) is 0 Å². The summed E-state index contributed by atoms with van der Waals surface area (Å²) in [4.78, 5) is 14.6. The molecule has 0 radical (unpaired) electrons. The number of hydrogen-bond acceptors (Lipinski definition) is 4. The maximum atomic E-state index is 11.0. The Kier molecular flexibility index (Phi) is 3.43. The molecule has 0 spiro atoms. The van der Waals surface area contributed by atoms with Crippen LogP contribution in [0.4, 0.5) is 11.4 Å². The van der Waals surface area contributed by atoms with Crippen LogP contribution in [0.5, 0.6) is 0 Å². The number of nitro groups is 1. The zero-order valence-electron chi connectivity index (χ0n) is 9.39. The topological polar surface area (TPSA) is 68.1 Å². The number of fused-ring (bicyclic) bond motifs is 1. The monoisotopic (exact) mass is 263 g/mol. The van der Waals surface area contributed by atoms with Crippen LogP contribution in [-0.2, 0) is 0 Å². The Balaban J connectivity index is 2.58. The Morgan fingerprint density at radius 2 is 2.22 bits per heavy atom. The molecule has 0 bridgehead atoms. The average molecular weight is 264 g/mol. The highest BCUT2D eigenvalue weighted by Crippen LogP contribution is 2.31. The van der Waals surface area contributed by atoms with E-state index in [9.17, 15) is 10.1 Å². The molecule has 1 aromatic heterocycles. The zero-order chi connectivity index (χ0) is 13.1. The Morgan fingerprint density at radius 3 is 2.89 bits per heavy atom. The van der Waals surface area contributed by atoms with Crippen LogP contribution in [0.2, 0.25) is 0 Å². The Bertz CT molecular complexity index is 628. The van der Waals surface area contributed by atoms with Crippen LogP contribution in [-0.4, -0.2) is 16.5 Å². The van der Waals surface area contributed by atoms with Gasteiger partial charge >= 0.3 is 5.69 Å². The van der Waals surface area contributed by atoms with Crippen molar-refractivity contribution < 1.29 is 4.92 Å². The summed E-state index contributed by atoms with van der Waals surface area (Å²) in [7, 11) is 0. The zero-order valence-corrected chi connectivity index (χ0v) is 10.1. The Labute approximate surface area is 108 Å². The summed E-state index contributed by atoms with van der Waals surface area (Å²) in [5, 5.41) is 15.0. The van der Waals surface area contributed by atoms with Crippen molar-refractivity contribution >= 4 is 33.9 Å². The van der Waals surface area contributed by atoms with Crippen LogP contribution in [0, 0.1) is 10.1 Å². The van der Waals surface area contributed by atoms with Crippen molar-refractivity contribution in [1.82, 2.24) is 4.98 Å². The average Bonchev–Trinajstić information content (AvgIpc) is 2.35. The standard InChI is InChI=1S/C12H10ClN3O2/c1-8(13)6-15-12-9-4-2-3-5-10(9)14-7-11(12)16(17)18/h2-5,7H,1,6H2,(H,14,15). The van der Waals surface area contributed by atoms with Crippen LogP contribution < -0.4 is 5.32 Å². The number of halogens is 1. The second-order valence-electron chi connectivity index (χ2n) is 3.66. The van der Waals surface area contributed by atoms with E-state index in [1.54, 1.807) is 18.2 Å². The molecule has 0 aliphatic heterocycles. The van der Waals surface area contributed by atoms with Crippen molar-refractivity contribution in [2.75, 3.05) is 11.9 Å². The number of pyridine rings is 1. The molecule has 92 valence electrons. The van der Waals surface area contributed by atoms with E-state index in [0.29, 0.717) is 21.6 Å². The van der Waals surface area contributed by atoms with Crippen LogP contribution in [0.1, 0.15) is 0 Å². The first kappa shape index (κ1) is 12.3. The molecule has 0 aliphatic rings. The fourth-order valence-corrected chi connectivity index (χ4v) is 1.71. The summed E-state index contributed by atoms with van der Waals surface area (Å²) in [5.74, 6) is 0. The molecule has 0 saturated carbocycles. The number of benzene rings is 1. The highest BCUT2D eigenvalue weighted by Gasteiger charge is 2.17. The molecule has 0 fully saturated rings. The van der Waals surface area contributed by atoms with Gasteiger partial charge in [0.05, 0.1) is 17.0 Å². The lowest BCUT2D eigenvalue weighted by Crippen LogP contribution is -2.05. The molecule has 18 heavy (non-hydrogen) atoms. The lowest BCUT2D eigenvalue weighted by molar-refractivity contribution is -0.384. The number of nitrogens with one attached hydrogen (secondary N) is 1. The van der Waals surface area contributed by atoms with E-state index in [4.69, 9.17) is 11.6 Å². The highest BCUT2D eigenvalue weighted by molar-refractivity contribution is 6.29. The van der Waals surface area contributed by atoms with Crippen molar-refractivity contribution in [3.05, 3.63) is 52.2 Å². The number of rotatable bonds is 4. The van der Waals surface area contributed by atoms with Gasteiger partial charge in [-0.2, -0.15) is 0 Å². The van der Waals surface area contributed by atoms with Crippen molar-refractivity contribution in [3.63, 3.8) is 0 Å². The van der Waals surface area contributed by atoms with Gasteiger partial charge < -0.3 is 5.32 Å². The molecule has 0 amide bonds. The summed E-state index contributed by atoms with van der Waals surface area (Å²) in [6, 6.07) is 7.19. The Morgan fingerprint density at radius 1 is 1.50 bits per heavy atom. The van der Waals surface area contributed by atoms with Gasteiger partial charge in [0, 0.05) is 10.4 Å². The molecule has 1 heterocycles. The van der Waals surface area contributed by atoms with Gasteiger partial charge in [-0.1, -0.05) is 36.4 Å². The quantitative estimate of drug-likeness (QED) is 0.679. The number of aromatic nitrogens is 1. The number of anilines is 1. The van der Waals surface area contributed by atoms with Gasteiger partial charge in [0.1, 0.15) is 11.9 Å². The minimum absolute atomic E-state index is 0.0772. The third kappa shape index (κ3) is 2.41. The van der Waals surface area contributed by atoms with Gasteiger partial charge in [-0.25, -0.2) is 4.98 Å². The fraction of sp³-hybridized carbons (Fsp3) is 0.0833. The van der Waals surface area contributed by atoms with Gasteiger partial charge in [-0.05, 0) is 6.07 Å². The van der Waals surface area contributed by atoms with Crippen LogP contribution in [0.3, 0.4) is 0 Å². The maximum absolute atomic E-state index is 11.0. The van der Waals surface area contributed by atoms with Crippen molar-refractivity contribution in [1.29, 1.82) is 0 Å². The Hall–Kier alpha value is -2.14. The molecule has 0 aliphatic carbocycles. The van der Waals surface area contributed by atoms with Crippen LogP contribution in [0.15, 0.2) is 42.1 Å². The van der Waals surface area contributed by atoms with Gasteiger partial charge in [0.25, 0.3) is 0 Å². The van der Waals surface area contributed by atoms with Gasteiger partial charge in [-0.15, -0.1) is 0 Å². The number of nitrogens with zero attached hydrogens (tertiary/aromatic N) is 2. The van der Waals surface area contributed by atoms with Crippen LogP contribution >= 0.6 is 11.6 Å². The van der Waals surface area contributed by atoms with E-state index in [1.807, 2.05) is 6.07 Å². The van der Waals surface area contributed by atoms with Crippen molar-refractivity contribution in [2.24, 2.45) is 0 Å². The second kappa shape index (κ2) is 5.01. The van der Waals surface area contributed by atoms with E-state index in [-0.39, 0.29) is 12.2 Å². The van der Waals surface area contributed by atoms with Crippen molar-refractivity contribution in [2.45, 2.75) is 0 Å². The van der Waals surface area contributed by atoms with Gasteiger partial charge in [0.2, 0.25) is 0 Å². The second-order valence-corrected chi connectivity index (χ2v) is 4.20. The summed E-state index contributed by atoms with van der Waals surface area (Å²) in [5.41, 5.74) is 1.02. The maximum Gasteiger partial charge on any atom is 0.311 e. The minimum Gasteiger partial charge on any atom is -0.374 e. The lowest BCUT2D eigenvalue weighted by Gasteiger charge is -2.09. The molecular weight excluding hydrogens is 254 g/mol. The predicted octanol–water partition coefficient (Wildman–Crippen LogP) is 3.31. The number of para-hydroxylation sites is 1. The SMILES string of the molecule is C=C(Cl)CNc1c([N+](=O)[O-])cnc2ccccc12.